The molecule has 0 saturated carbocycles. The van der Waals surface area contributed by atoms with E-state index >= 15 is 0 Å². The van der Waals surface area contributed by atoms with Crippen LogP contribution >= 0.6 is 0 Å². The molecule has 7 heteroatoms. The molecular weight excluding hydrogens is 276 g/mol. The van der Waals surface area contributed by atoms with E-state index in [0.29, 0.717) is 6.54 Å². The van der Waals surface area contributed by atoms with E-state index in [2.05, 4.69) is 10.0 Å². The molecule has 1 aromatic rings. The number of benzene rings is 1. The topological polar surface area (TPSA) is 86.1 Å². The molecule has 1 atom stereocenters. The maximum Gasteiger partial charge on any atom is 0.218 e. The standard InChI is InChI=1S/C13H18N4O2S/c1-11-4-6-12(7-5-11)10-20(18,19)17-8-2-3-13(17)9-15-16-14/h4-7,13H,2-3,8-10H2,1H3. The minimum absolute atomic E-state index is 0.0000475. The highest BCUT2D eigenvalue weighted by Crippen LogP contribution is 2.24. The van der Waals surface area contributed by atoms with Crippen molar-refractivity contribution in [2.45, 2.75) is 31.6 Å². The first-order valence-electron chi connectivity index (χ1n) is 6.59. The molecule has 0 N–H and O–H groups in total. The molecule has 1 aromatic carbocycles. The second-order valence-electron chi connectivity index (χ2n) is 5.06. The van der Waals surface area contributed by atoms with Gasteiger partial charge in [0.2, 0.25) is 10.0 Å². The van der Waals surface area contributed by atoms with E-state index < -0.39 is 10.0 Å². The van der Waals surface area contributed by atoms with Gasteiger partial charge in [-0.3, -0.25) is 0 Å². The van der Waals surface area contributed by atoms with Crippen molar-refractivity contribution in [2.75, 3.05) is 13.1 Å². The average molecular weight is 294 g/mol. The van der Waals surface area contributed by atoms with E-state index in [1.807, 2.05) is 31.2 Å². The number of sulfonamides is 1. The molecule has 0 spiro atoms. The quantitative estimate of drug-likeness (QED) is 0.475. The van der Waals surface area contributed by atoms with Gasteiger partial charge < -0.3 is 0 Å². The monoisotopic (exact) mass is 294 g/mol. The molecule has 108 valence electrons. The molecule has 1 saturated heterocycles. The summed E-state index contributed by atoms with van der Waals surface area (Å²) in [5.41, 5.74) is 10.3. The fraction of sp³-hybridized carbons (Fsp3) is 0.538. The van der Waals surface area contributed by atoms with Gasteiger partial charge in [0.15, 0.2) is 0 Å². The Labute approximate surface area is 119 Å². The molecular formula is C13H18N4O2S. The number of hydrogen-bond acceptors (Lipinski definition) is 3. The third-order valence-corrected chi connectivity index (χ3v) is 5.40. The molecule has 20 heavy (non-hydrogen) atoms. The van der Waals surface area contributed by atoms with Crippen LogP contribution in [0.15, 0.2) is 29.4 Å². The van der Waals surface area contributed by atoms with Gasteiger partial charge in [-0.15, -0.1) is 0 Å². The van der Waals surface area contributed by atoms with Crippen molar-refractivity contribution < 1.29 is 8.42 Å². The van der Waals surface area contributed by atoms with Crippen molar-refractivity contribution in [1.82, 2.24) is 4.31 Å². The van der Waals surface area contributed by atoms with Gasteiger partial charge in [0.1, 0.15) is 0 Å². The van der Waals surface area contributed by atoms with Gasteiger partial charge in [-0.2, -0.15) is 4.31 Å². The number of aryl methyl sites for hydroxylation is 1. The third kappa shape index (κ3) is 3.50. The summed E-state index contributed by atoms with van der Waals surface area (Å²) in [5.74, 6) is 0.0000475. The first-order chi connectivity index (χ1) is 9.53. The lowest BCUT2D eigenvalue weighted by Crippen LogP contribution is -2.37. The van der Waals surface area contributed by atoms with E-state index in [0.717, 1.165) is 24.0 Å². The molecule has 0 aromatic heterocycles. The highest BCUT2D eigenvalue weighted by Gasteiger charge is 2.33. The van der Waals surface area contributed by atoms with E-state index in [4.69, 9.17) is 5.53 Å². The van der Waals surface area contributed by atoms with Crippen molar-refractivity contribution in [2.24, 2.45) is 5.11 Å². The average Bonchev–Trinajstić information content (AvgIpc) is 2.88. The van der Waals surface area contributed by atoms with Crippen molar-refractivity contribution >= 4 is 10.0 Å². The van der Waals surface area contributed by atoms with Crippen LogP contribution in [0.3, 0.4) is 0 Å². The molecule has 1 aliphatic heterocycles. The Bertz CT molecular complexity index is 606. The largest absolute Gasteiger partial charge is 0.218 e. The van der Waals surface area contributed by atoms with Gasteiger partial charge >= 0.3 is 0 Å². The molecule has 6 nitrogen and oxygen atoms in total. The minimum Gasteiger partial charge on any atom is -0.212 e. The molecule has 2 rings (SSSR count). The second kappa shape index (κ2) is 6.26. The Balaban J connectivity index is 2.12. The maximum absolute atomic E-state index is 12.5. The number of azide groups is 1. The van der Waals surface area contributed by atoms with Crippen LogP contribution in [0.4, 0.5) is 0 Å². The van der Waals surface area contributed by atoms with E-state index in [-0.39, 0.29) is 18.3 Å². The maximum atomic E-state index is 12.5. The molecule has 1 fully saturated rings. The molecule has 0 amide bonds. The van der Waals surface area contributed by atoms with E-state index in [1.165, 1.54) is 4.31 Å². The van der Waals surface area contributed by atoms with Gasteiger partial charge in [-0.05, 0) is 30.9 Å². The Morgan fingerprint density at radius 2 is 2.10 bits per heavy atom. The minimum atomic E-state index is -3.36. The van der Waals surface area contributed by atoms with Crippen molar-refractivity contribution in [3.8, 4) is 0 Å². The number of hydrogen-bond donors (Lipinski definition) is 0. The number of nitrogens with zero attached hydrogens (tertiary/aromatic N) is 4. The smallest absolute Gasteiger partial charge is 0.212 e. The highest BCUT2D eigenvalue weighted by molar-refractivity contribution is 7.88. The lowest BCUT2D eigenvalue weighted by molar-refractivity contribution is 0.392. The summed E-state index contributed by atoms with van der Waals surface area (Å²) in [6.45, 7) is 2.69. The molecule has 1 aliphatic rings. The summed E-state index contributed by atoms with van der Waals surface area (Å²) in [6, 6.07) is 7.30. The first kappa shape index (κ1) is 14.8. The van der Waals surface area contributed by atoms with Gasteiger partial charge in [0.05, 0.1) is 5.75 Å². The normalized spacial score (nSPS) is 19.8. The first-order valence-corrected chi connectivity index (χ1v) is 8.20. The zero-order chi connectivity index (χ0) is 14.6. The summed E-state index contributed by atoms with van der Waals surface area (Å²) >= 11 is 0. The van der Waals surface area contributed by atoms with Crippen LogP contribution < -0.4 is 0 Å². The lowest BCUT2D eigenvalue weighted by atomic mass is 10.2. The van der Waals surface area contributed by atoms with E-state index in [9.17, 15) is 8.42 Å². The zero-order valence-corrected chi connectivity index (χ0v) is 12.3. The third-order valence-electron chi connectivity index (χ3n) is 3.51. The Hall–Kier alpha value is -1.56. The highest BCUT2D eigenvalue weighted by atomic mass is 32.2. The van der Waals surface area contributed by atoms with Crippen LogP contribution in [-0.4, -0.2) is 31.9 Å². The predicted octanol–water partition coefficient (Wildman–Crippen LogP) is 2.60. The summed E-state index contributed by atoms with van der Waals surface area (Å²) in [7, 11) is -3.36. The molecule has 0 aliphatic carbocycles. The lowest BCUT2D eigenvalue weighted by Gasteiger charge is -2.22. The summed E-state index contributed by atoms with van der Waals surface area (Å²) < 4.78 is 26.4. The Morgan fingerprint density at radius 3 is 2.75 bits per heavy atom. The van der Waals surface area contributed by atoms with Gasteiger partial charge in [0.25, 0.3) is 0 Å². The molecule has 0 radical (unpaired) electrons. The van der Waals surface area contributed by atoms with Crippen LogP contribution in [0.5, 0.6) is 0 Å². The van der Waals surface area contributed by atoms with E-state index in [1.54, 1.807) is 0 Å². The Kier molecular flexibility index (Phi) is 4.65. The van der Waals surface area contributed by atoms with Crippen LogP contribution in [0.25, 0.3) is 10.4 Å². The van der Waals surface area contributed by atoms with Gasteiger partial charge in [-0.25, -0.2) is 8.42 Å². The summed E-state index contributed by atoms with van der Waals surface area (Å²) in [5, 5.41) is 3.51. The molecule has 1 unspecified atom stereocenters. The Morgan fingerprint density at radius 1 is 1.40 bits per heavy atom. The molecule has 1 heterocycles. The van der Waals surface area contributed by atoms with Gasteiger partial charge in [0, 0.05) is 24.0 Å². The van der Waals surface area contributed by atoms with Crippen molar-refractivity contribution in [1.29, 1.82) is 0 Å². The summed E-state index contributed by atoms with van der Waals surface area (Å²) in [6.07, 6.45) is 1.57. The van der Waals surface area contributed by atoms with Crippen LogP contribution in [-0.2, 0) is 15.8 Å². The number of rotatable bonds is 5. The fourth-order valence-electron chi connectivity index (χ4n) is 2.47. The summed E-state index contributed by atoms with van der Waals surface area (Å²) in [4.78, 5) is 2.71. The van der Waals surface area contributed by atoms with Crippen LogP contribution in [0.1, 0.15) is 24.0 Å². The predicted molar refractivity (Wildman–Crippen MR) is 77.5 cm³/mol. The van der Waals surface area contributed by atoms with Crippen molar-refractivity contribution in [3.05, 3.63) is 45.8 Å². The SMILES string of the molecule is Cc1ccc(CS(=O)(=O)N2CCCC2CN=[N+]=[N-])cc1. The fourth-order valence-corrected chi connectivity index (χ4v) is 4.28. The van der Waals surface area contributed by atoms with Crippen LogP contribution in [0, 0.1) is 6.92 Å². The van der Waals surface area contributed by atoms with Crippen LogP contribution in [0.2, 0.25) is 0 Å². The second-order valence-corrected chi connectivity index (χ2v) is 6.98. The molecule has 0 bridgehead atoms. The van der Waals surface area contributed by atoms with Crippen molar-refractivity contribution in [3.63, 3.8) is 0 Å². The van der Waals surface area contributed by atoms with Gasteiger partial charge in [-0.1, -0.05) is 34.9 Å². The zero-order valence-electron chi connectivity index (χ0n) is 11.4.